The van der Waals surface area contributed by atoms with E-state index >= 15 is 0 Å². The van der Waals surface area contributed by atoms with E-state index in [-0.39, 0.29) is 24.3 Å². The standard InChI is InChI=1S/C8H16N2O3/c1-6(8(12)13-3)5-10(2)7(11)4-9/h6H,4-5,9H2,1-3H3. The number of nitrogens with zero attached hydrogens (tertiary/aromatic N) is 1. The summed E-state index contributed by atoms with van der Waals surface area (Å²) in [6.45, 7) is 2.00. The molecule has 0 radical (unpaired) electrons. The fourth-order valence-corrected chi connectivity index (χ4v) is 0.944. The van der Waals surface area contributed by atoms with Crippen LogP contribution in [0.3, 0.4) is 0 Å². The summed E-state index contributed by atoms with van der Waals surface area (Å²) in [6.07, 6.45) is 0. The zero-order valence-electron chi connectivity index (χ0n) is 8.24. The first kappa shape index (κ1) is 11.9. The molecule has 0 aliphatic rings. The second kappa shape index (κ2) is 5.53. The Balaban J connectivity index is 3.98. The lowest BCUT2D eigenvalue weighted by Crippen LogP contribution is -2.37. The second-order valence-electron chi connectivity index (χ2n) is 2.90. The number of carbonyl (C=O) groups is 2. The van der Waals surface area contributed by atoms with Gasteiger partial charge in [0.1, 0.15) is 0 Å². The van der Waals surface area contributed by atoms with Crippen LogP contribution >= 0.6 is 0 Å². The fraction of sp³-hybridized carbons (Fsp3) is 0.750. The number of nitrogens with two attached hydrogens (primary N) is 1. The minimum absolute atomic E-state index is 0.0373. The molecule has 1 atom stereocenters. The van der Waals surface area contributed by atoms with Crippen molar-refractivity contribution in [3.8, 4) is 0 Å². The van der Waals surface area contributed by atoms with E-state index in [2.05, 4.69) is 4.74 Å². The maximum absolute atomic E-state index is 11.0. The van der Waals surface area contributed by atoms with Crippen LogP contribution in [0.4, 0.5) is 0 Å². The van der Waals surface area contributed by atoms with Crippen molar-refractivity contribution in [2.24, 2.45) is 11.7 Å². The molecule has 0 spiro atoms. The van der Waals surface area contributed by atoms with Crippen LogP contribution in [-0.2, 0) is 14.3 Å². The number of methoxy groups -OCH3 is 1. The number of ether oxygens (including phenoxy) is 1. The zero-order valence-corrected chi connectivity index (χ0v) is 8.24. The summed E-state index contributed by atoms with van der Waals surface area (Å²) in [5.74, 6) is -0.821. The lowest BCUT2D eigenvalue weighted by molar-refractivity contribution is -0.146. The van der Waals surface area contributed by atoms with Crippen LogP contribution in [0.2, 0.25) is 0 Å². The Morgan fingerprint density at radius 3 is 2.46 bits per heavy atom. The van der Waals surface area contributed by atoms with Crippen molar-refractivity contribution in [1.29, 1.82) is 0 Å². The molecule has 0 aliphatic heterocycles. The molecule has 0 aromatic heterocycles. The van der Waals surface area contributed by atoms with E-state index in [0.717, 1.165) is 0 Å². The number of rotatable bonds is 4. The molecule has 5 nitrogen and oxygen atoms in total. The Morgan fingerprint density at radius 1 is 1.54 bits per heavy atom. The van der Waals surface area contributed by atoms with Gasteiger partial charge in [-0.3, -0.25) is 9.59 Å². The molecule has 0 saturated heterocycles. The molecule has 1 amide bonds. The predicted molar refractivity (Wildman–Crippen MR) is 47.9 cm³/mol. The van der Waals surface area contributed by atoms with Gasteiger partial charge >= 0.3 is 5.97 Å². The highest BCUT2D eigenvalue weighted by Crippen LogP contribution is 2.00. The molecule has 5 heteroatoms. The Hall–Kier alpha value is -1.10. The molecule has 0 bridgehead atoms. The van der Waals surface area contributed by atoms with Crippen molar-refractivity contribution >= 4 is 11.9 Å². The largest absolute Gasteiger partial charge is 0.469 e. The second-order valence-corrected chi connectivity index (χ2v) is 2.90. The molecular formula is C8H16N2O3. The van der Waals surface area contributed by atoms with Crippen molar-refractivity contribution in [3.05, 3.63) is 0 Å². The van der Waals surface area contributed by atoms with Crippen molar-refractivity contribution in [3.63, 3.8) is 0 Å². The Bertz CT molecular complexity index is 174. The molecular weight excluding hydrogens is 172 g/mol. The number of carbonyl (C=O) groups excluding carboxylic acids is 2. The number of likely N-dealkylation sites (N-methyl/N-ethyl adjacent to an activating group) is 1. The first-order chi connectivity index (χ1) is 6.02. The molecule has 0 fully saturated rings. The summed E-state index contributed by atoms with van der Waals surface area (Å²) in [4.78, 5) is 23.4. The molecule has 2 N–H and O–H groups in total. The number of amides is 1. The Labute approximate surface area is 77.8 Å². The average molecular weight is 188 g/mol. The third-order valence-electron chi connectivity index (χ3n) is 1.75. The van der Waals surface area contributed by atoms with E-state index in [1.54, 1.807) is 14.0 Å². The van der Waals surface area contributed by atoms with Gasteiger partial charge in [0.2, 0.25) is 5.91 Å². The van der Waals surface area contributed by atoms with Crippen LogP contribution in [0.15, 0.2) is 0 Å². The molecule has 0 rings (SSSR count). The van der Waals surface area contributed by atoms with Gasteiger partial charge in [-0.1, -0.05) is 6.92 Å². The maximum atomic E-state index is 11.0. The molecule has 76 valence electrons. The van der Waals surface area contributed by atoms with Gasteiger partial charge in [-0.25, -0.2) is 0 Å². The summed E-state index contributed by atoms with van der Waals surface area (Å²) < 4.78 is 4.52. The number of hydrogen-bond acceptors (Lipinski definition) is 4. The van der Waals surface area contributed by atoms with E-state index in [1.807, 2.05) is 0 Å². The van der Waals surface area contributed by atoms with Gasteiger partial charge in [-0.2, -0.15) is 0 Å². The molecule has 13 heavy (non-hydrogen) atoms. The topological polar surface area (TPSA) is 72.6 Å². The lowest BCUT2D eigenvalue weighted by Gasteiger charge is -2.19. The highest BCUT2D eigenvalue weighted by atomic mass is 16.5. The molecule has 0 aliphatic carbocycles. The van der Waals surface area contributed by atoms with Gasteiger partial charge in [0.15, 0.2) is 0 Å². The summed E-state index contributed by atoms with van der Waals surface area (Å²) in [6, 6.07) is 0. The van der Waals surface area contributed by atoms with Crippen LogP contribution in [0, 0.1) is 5.92 Å². The summed E-state index contributed by atoms with van der Waals surface area (Å²) in [5.41, 5.74) is 5.15. The molecule has 0 aromatic rings. The van der Waals surface area contributed by atoms with Crippen molar-refractivity contribution < 1.29 is 14.3 Å². The summed E-state index contributed by atoms with van der Waals surface area (Å²) >= 11 is 0. The third kappa shape index (κ3) is 3.89. The van der Waals surface area contributed by atoms with Crippen LogP contribution in [0.5, 0.6) is 0 Å². The highest BCUT2D eigenvalue weighted by molar-refractivity contribution is 5.79. The van der Waals surface area contributed by atoms with E-state index < -0.39 is 0 Å². The van der Waals surface area contributed by atoms with E-state index in [9.17, 15) is 9.59 Å². The van der Waals surface area contributed by atoms with Gasteiger partial charge < -0.3 is 15.4 Å². The van der Waals surface area contributed by atoms with Crippen molar-refractivity contribution in [2.75, 3.05) is 27.2 Å². The van der Waals surface area contributed by atoms with Gasteiger partial charge in [-0.05, 0) is 0 Å². The predicted octanol–water partition coefficient (Wildman–Crippen LogP) is -0.787. The normalized spacial score (nSPS) is 12.0. The minimum atomic E-state index is -0.323. The average Bonchev–Trinajstić information content (AvgIpc) is 2.14. The lowest BCUT2D eigenvalue weighted by atomic mass is 10.2. The summed E-state index contributed by atoms with van der Waals surface area (Å²) in [7, 11) is 2.93. The minimum Gasteiger partial charge on any atom is -0.469 e. The van der Waals surface area contributed by atoms with Gasteiger partial charge in [-0.15, -0.1) is 0 Å². The van der Waals surface area contributed by atoms with E-state index in [4.69, 9.17) is 5.73 Å². The number of hydrogen-bond donors (Lipinski definition) is 1. The molecule has 1 unspecified atom stereocenters. The van der Waals surface area contributed by atoms with E-state index in [0.29, 0.717) is 6.54 Å². The highest BCUT2D eigenvalue weighted by Gasteiger charge is 2.17. The van der Waals surface area contributed by atoms with Crippen LogP contribution in [0.25, 0.3) is 0 Å². The Kier molecular flexibility index (Phi) is 5.06. The monoisotopic (exact) mass is 188 g/mol. The number of esters is 1. The van der Waals surface area contributed by atoms with Crippen molar-refractivity contribution in [1.82, 2.24) is 4.90 Å². The van der Waals surface area contributed by atoms with Gasteiger partial charge in [0.25, 0.3) is 0 Å². The SMILES string of the molecule is COC(=O)C(C)CN(C)C(=O)CN. The fourth-order valence-electron chi connectivity index (χ4n) is 0.944. The smallest absolute Gasteiger partial charge is 0.310 e. The Morgan fingerprint density at radius 2 is 2.08 bits per heavy atom. The van der Waals surface area contributed by atoms with Crippen LogP contribution in [-0.4, -0.2) is 44.0 Å². The zero-order chi connectivity index (χ0) is 10.4. The first-order valence-corrected chi connectivity index (χ1v) is 4.04. The van der Waals surface area contributed by atoms with E-state index in [1.165, 1.54) is 12.0 Å². The van der Waals surface area contributed by atoms with Crippen LogP contribution in [0.1, 0.15) is 6.92 Å². The van der Waals surface area contributed by atoms with Gasteiger partial charge in [0, 0.05) is 13.6 Å². The maximum Gasteiger partial charge on any atom is 0.310 e. The third-order valence-corrected chi connectivity index (χ3v) is 1.75. The van der Waals surface area contributed by atoms with Gasteiger partial charge in [0.05, 0.1) is 19.6 Å². The van der Waals surface area contributed by atoms with Crippen LogP contribution < -0.4 is 5.73 Å². The molecule has 0 saturated carbocycles. The molecule has 0 heterocycles. The van der Waals surface area contributed by atoms with Crippen molar-refractivity contribution in [2.45, 2.75) is 6.92 Å². The quantitative estimate of drug-likeness (QED) is 0.587. The molecule has 0 aromatic carbocycles. The summed E-state index contributed by atoms with van der Waals surface area (Å²) in [5, 5.41) is 0. The first-order valence-electron chi connectivity index (χ1n) is 4.04.